The molecule has 1 heterocycles. The van der Waals surface area contributed by atoms with E-state index in [0.29, 0.717) is 27.9 Å². The Balaban J connectivity index is 2.67. The van der Waals surface area contributed by atoms with Crippen LogP contribution >= 0.6 is 11.6 Å². The van der Waals surface area contributed by atoms with Crippen LogP contribution < -0.4 is 10.5 Å². The molecule has 2 N–H and O–H groups in total. The summed E-state index contributed by atoms with van der Waals surface area (Å²) in [5.74, 6) is 1.49. The van der Waals surface area contributed by atoms with Gasteiger partial charge >= 0.3 is 0 Å². The number of benzene rings is 1. The van der Waals surface area contributed by atoms with Gasteiger partial charge in [-0.1, -0.05) is 22.8 Å². The van der Waals surface area contributed by atoms with Crippen LogP contribution in [0.1, 0.15) is 5.56 Å². The van der Waals surface area contributed by atoms with Crippen molar-refractivity contribution in [2.24, 2.45) is 0 Å². The molecule has 0 bridgehead atoms. The van der Waals surface area contributed by atoms with Crippen molar-refractivity contribution < 1.29 is 9.26 Å². The highest BCUT2D eigenvalue weighted by molar-refractivity contribution is 6.33. The van der Waals surface area contributed by atoms with Crippen molar-refractivity contribution in [2.45, 2.75) is 6.92 Å². The molecule has 0 saturated heterocycles. The number of aromatic nitrogens is 1. The Bertz CT molecular complexity index is 523. The van der Waals surface area contributed by atoms with Crippen LogP contribution in [0.2, 0.25) is 5.02 Å². The van der Waals surface area contributed by atoms with Crippen LogP contribution in [0.15, 0.2) is 22.7 Å². The predicted octanol–water partition coefficient (Wildman–Crippen LogP) is 2.89. The van der Waals surface area contributed by atoms with Crippen molar-refractivity contribution in [2.75, 3.05) is 12.8 Å². The zero-order chi connectivity index (χ0) is 11.7. The molecular formula is C11H11ClN2O2. The second-order valence-corrected chi connectivity index (χ2v) is 3.80. The molecule has 0 saturated carbocycles. The van der Waals surface area contributed by atoms with Crippen molar-refractivity contribution in [3.05, 3.63) is 28.8 Å². The van der Waals surface area contributed by atoms with Gasteiger partial charge in [0, 0.05) is 6.07 Å². The summed E-state index contributed by atoms with van der Waals surface area (Å²) in [4.78, 5) is 0. The molecule has 0 aliphatic carbocycles. The summed E-state index contributed by atoms with van der Waals surface area (Å²) < 4.78 is 10.4. The van der Waals surface area contributed by atoms with Crippen LogP contribution in [0, 0.1) is 6.92 Å². The average molecular weight is 239 g/mol. The van der Waals surface area contributed by atoms with Crippen LogP contribution in [0.25, 0.3) is 11.3 Å². The fourth-order valence-electron chi connectivity index (χ4n) is 1.56. The highest BCUT2D eigenvalue weighted by Gasteiger charge is 2.16. The molecule has 5 heteroatoms. The molecule has 0 spiro atoms. The summed E-state index contributed by atoms with van der Waals surface area (Å²) in [5, 5.41) is 4.17. The quantitative estimate of drug-likeness (QED) is 0.874. The lowest BCUT2D eigenvalue weighted by Gasteiger charge is -2.10. The Kier molecular flexibility index (Phi) is 2.75. The van der Waals surface area contributed by atoms with Gasteiger partial charge in [-0.25, -0.2) is 0 Å². The van der Waals surface area contributed by atoms with Gasteiger partial charge in [-0.15, -0.1) is 0 Å². The zero-order valence-corrected chi connectivity index (χ0v) is 9.71. The number of aryl methyl sites for hydroxylation is 1. The molecule has 84 valence electrons. The molecule has 0 aliphatic heterocycles. The molecular weight excluding hydrogens is 228 g/mol. The molecule has 16 heavy (non-hydrogen) atoms. The summed E-state index contributed by atoms with van der Waals surface area (Å²) in [7, 11) is 1.59. The third kappa shape index (κ3) is 1.72. The topological polar surface area (TPSA) is 61.3 Å². The lowest BCUT2D eigenvalue weighted by Crippen LogP contribution is -1.91. The fourth-order valence-corrected chi connectivity index (χ4v) is 1.80. The van der Waals surface area contributed by atoms with Crippen molar-refractivity contribution in [3.63, 3.8) is 0 Å². The number of rotatable bonds is 2. The van der Waals surface area contributed by atoms with E-state index in [4.69, 9.17) is 26.6 Å². The number of ether oxygens (including phenoxy) is 1. The van der Waals surface area contributed by atoms with Crippen LogP contribution in [-0.4, -0.2) is 12.3 Å². The number of halogens is 1. The smallest absolute Gasteiger partial charge is 0.174 e. The van der Waals surface area contributed by atoms with Crippen LogP contribution in [0.5, 0.6) is 5.75 Å². The largest absolute Gasteiger partial charge is 0.496 e. The van der Waals surface area contributed by atoms with Gasteiger partial charge in [0.15, 0.2) is 11.6 Å². The standard InChI is InChI=1S/C11H11ClN2O2/c1-6-3-4-7(12)10(11(6)15-2)8-5-9(13)14-16-8/h3-5H,1-2H3,(H2,13,14). The predicted molar refractivity (Wildman–Crippen MR) is 62.7 cm³/mol. The minimum absolute atomic E-state index is 0.314. The molecule has 1 aromatic heterocycles. The number of methoxy groups -OCH3 is 1. The Labute approximate surface area is 97.9 Å². The minimum atomic E-state index is 0.314. The molecule has 1 aromatic carbocycles. The van der Waals surface area contributed by atoms with E-state index in [9.17, 15) is 0 Å². The van der Waals surface area contributed by atoms with Gasteiger partial charge in [-0.05, 0) is 18.6 Å². The maximum absolute atomic E-state index is 6.12. The maximum Gasteiger partial charge on any atom is 0.174 e. The fraction of sp³-hybridized carbons (Fsp3) is 0.182. The van der Waals surface area contributed by atoms with E-state index >= 15 is 0 Å². The number of hydrogen-bond acceptors (Lipinski definition) is 4. The van der Waals surface area contributed by atoms with Gasteiger partial charge in [0.2, 0.25) is 0 Å². The first kappa shape index (κ1) is 10.8. The molecule has 0 amide bonds. The van der Waals surface area contributed by atoms with Crippen LogP contribution in [-0.2, 0) is 0 Å². The third-order valence-electron chi connectivity index (χ3n) is 2.28. The molecule has 0 aliphatic rings. The number of anilines is 1. The van der Waals surface area contributed by atoms with Gasteiger partial charge in [-0.3, -0.25) is 0 Å². The Morgan fingerprint density at radius 2 is 2.19 bits per heavy atom. The summed E-state index contributed by atoms with van der Waals surface area (Å²) in [6.45, 7) is 1.93. The van der Waals surface area contributed by atoms with E-state index in [1.54, 1.807) is 19.2 Å². The van der Waals surface area contributed by atoms with Crippen LogP contribution in [0.3, 0.4) is 0 Å². The van der Waals surface area contributed by atoms with Crippen molar-refractivity contribution in [1.29, 1.82) is 0 Å². The van der Waals surface area contributed by atoms with Gasteiger partial charge in [-0.2, -0.15) is 0 Å². The third-order valence-corrected chi connectivity index (χ3v) is 2.60. The minimum Gasteiger partial charge on any atom is -0.496 e. The SMILES string of the molecule is COc1c(C)ccc(Cl)c1-c1cc(N)no1. The highest BCUT2D eigenvalue weighted by atomic mass is 35.5. The van der Waals surface area contributed by atoms with Crippen molar-refractivity contribution in [1.82, 2.24) is 5.16 Å². The molecule has 0 atom stereocenters. The lowest BCUT2D eigenvalue weighted by molar-refractivity contribution is 0.404. The van der Waals surface area contributed by atoms with Gasteiger partial charge in [0.1, 0.15) is 5.75 Å². The molecule has 0 radical (unpaired) electrons. The second-order valence-electron chi connectivity index (χ2n) is 3.39. The molecule has 0 fully saturated rings. The van der Waals surface area contributed by atoms with E-state index in [0.717, 1.165) is 5.56 Å². The Morgan fingerprint density at radius 1 is 1.44 bits per heavy atom. The normalized spacial score (nSPS) is 10.4. The van der Waals surface area contributed by atoms with Gasteiger partial charge < -0.3 is 15.0 Å². The number of nitrogen functional groups attached to an aromatic ring is 1. The van der Waals surface area contributed by atoms with E-state index in [1.807, 2.05) is 13.0 Å². The van der Waals surface area contributed by atoms with E-state index in [2.05, 4.69) is 5.16 Å². The number of nitrogens with two attached hydrogens (primary N) is 1. The van der Waals surface area contributed by atoms with Gasteiger partial charge in [0.05, 0.1) is 17.7 Å². The zero-order valence-electron chi connectivity index (χ0n) is 8.95. The molecule has 0 unspecified atom stereocenters. The maximum atomic E-state index is 6.12. The Hall–Kier alpha value is -1.68. The lowest BCUT2D eigenvalue weighted by atomic mass is 10.1. The van der Waals surface area contributed by atoms with Crippen molar-refractivity contribution >= 4 is 17.4 Å². The monoisotopic (exact) mass is 238 g/mol. The first-order valence-corrected chi connectivity index (χ1v) is 5.07. The first-order valence-electron chi connectivity index (χ1n) is 4.69. The van der Waals surface area contributed by atoms with Crippen molar-refractivity contribution in [3.8, 4) is 17.1 Å². The summed E-state index contributed by atoms with van der Waals surface area (Å²) in [6, 6.07) is 5.28. The Morgan fingerprint density at radius 3 is 2.75 bits per heavy atom. The summed E-state index contributed by atoms with van der Waals surface area (Å²) in [5.41, 5.74) is 7.15. The van der Waals surface area contributed by atoms with Crippen LogP contribution in [0.4, 0.5) is 5.82 Å². The van der Waals surface area contributed by atoms with E-state index < -0.39 is 0 Å². The average Bonchev–Trinajstić information content (AvgIpc) is 2.67. The van der Waals surface area contributed by atoms with Gasteiger partial charge in [0.25, 0.3) is 0 Å². The highest BCUT2D eigenvalue weighted by Crippen LogP contribution is 2.39. The first-order chi connectivity index (χ1) is 7.63. The number of hydrogen-bond donors (Lipinski definition) is 1. The second kappa shape index (κ2) is 4.06. The molecule has 4 nitrogen and oxygen atoms in total. The summed E-state index contributed by atoms with van der Waals surface area (Å²) in [6.07, 6.45) is 0. The summed E-state index contributed by atoms with van der Waals surface area (Å²) >= 11 is 6.12. The van der Waals surface area contributed by atoms with E-state index in [-0.39, 0.29) is 0 Å². The van der Waals surface area contributed by atoms with E-state index in [1.165, 1.54) is 0 Å². The molecule has 2 aromatic rings. The number of nitrogens with zero attached hydrogens (tertiary/aromatic N) is 1. The molecule has 2 rings (SSSR count).